The van der Waals surface area contributed by atoms with Gasteiger partial charge in [0.05, 0.1) is 13.7 Å². The average molecular weight is 329 g/mol. The molecule has 0 aliphatic rings. The lowest BCUT2D eigenvalue weighted by atomic mass is 10.1. The van der Waals surface area contributed by atoms with Gasteiger partial charge in [0.1, 0.15) is 5.75 Å². The molecule has 0 unspecified atom stereocenters. The van der Waals surface area contributed by atoms with Crippen LogP contribution in [0.2, 0.25) is 0 Å². The number of methoxy groups -OCH3 is 2. The van der Waals surface area contributed by atoms with Crippen molar-refractivity contribution in [3.05, 3.63) is 59.7 Å². The molecule has 0 heterocycles. The summed E-state index contributed by atoms with van der Waals surface area (Å²) in [6.07, 6.45) is 0. The van der Waals surface area contributed by atoms with E-state index in [1.54, 1.807) is 49.6 Å². The fraction of sp³-hybridized carbons (Fsp3) is 0.222. The fourth-order valence-corrected chi connectivity index (χ4v) is 2.04. The van der Waals surface area contributed by atoms with Crippen molar-refractivity contribution in [2.75, 3.05) is 26.1 Å². The second kappa shape index (κ2) is 8.69. The van der Waals surface area contributed by atoms with Gasteiger partial charge in [-0.25, -0.2) is 4.79 Å². The van der Waals surface area contributed by atoms with Crippen LogP contribution in [-0.4, -0.2) is 32.7 Å². The predicted molar refractivity (Wildman–Crippen MR) is 89.1 cm³/mol. The Balaban J connectivity index is 2.03. The van der Waals surface area contributed by atoms with E-state index in [0.717, 1.165) is 5.56 Å². The van der Waals surface area contributed by atoms with Crippen molar-refractivity contribution >= 4 is 17.6 Å². The molecule has 24 heavy (non-hydrogen) atoms. The highest BCUT2D eigenvalue weighted by molar-refractivity contribution is 6.04. The molecule has 1 amide bonds. The number of carbonyl (C=O) groups is 2. The monoisotopic (exact) mass is 329 g/mol. The maximum atomic E-state index is 12.3. The van der Waals surface area contributed by atoms with Crippen LogP contribution in [0.4, 0.5) is 5.69 Å². The zero-order valence-electron chi connectivity index (χ0n) is 13.6. The number of hydrogen-bond donors (Lipinski definition) is 1. The molecule has 0 fully saturated rings. The molecule has 2 aromatic rings. The molecule has 0 spiro atoms. The molecule has 6 heteroatoms. The average Bonchev–Trinajstić information content (AvgIpc) is 2.60. The first-order chi connectivity index (χ1) is 11.6. The zero-order valence-corrected chi connectivity index (χ0v) is 13.6. The van der Waals surface area contributed by atoms with E-state index in [1.165, 1.54) is 7.11 Å². The molecule has 0 aliphatic carbocycles. The third-order valence-electron chi connectivity index (χ3n) is 3.18. The first-order valence-corrected chi connectivity index (χ1v) is 7.31. The van der Waals surface area contributed by atoms with Crippen molar-refractivity contribution in [3.8, 4) is 5.75 Å². The second-order valence-electron chi connectivity index (χ2n) is 4.98. The van der Waals surface area contributed by atoms with E-state index in [-0.39, 0.29) is 12.5 Å². The summed E-state index contributed by atoms with van der Waals surface area (Å²) in [6, 6.07) is 14.0. The molecule has 2 aromatic carbocycles. The number of anilines is 1. The standard InChI is InChI=1S/C18H19NO5/c1-22-11-13-5-3-6-14(9-13)18(21)19-15-7-4-8-16(10-15)24-12-17(20)23-2/h3-10H,11-12H2,1-2H3,(H,19,21). The highest BCUT2D eigenvalue weighted by atomic mass is 16.6. The Kier molecular flexibility index (Phi) is 6.33. The highest BCUT2D eigenvalue weighted by Gasteiger charge is 2.08. The van der Waals surface area contributed by atoms with Crippen LogP contribution in [0.25, 0.3) is 0 Å². The Labute approximate surface area is 140 Å². The molecule has 0 radical (unpaired) electrons. The van der Waals surface area contributed by atoms with Gasteiger partial charge in [-0.1, -0.05) is 18.2 Å². The van der Waals surface area contributed by atoms with Gasteiger partial charge in [-0.2, -0.15) is 0 Å². The lowest BCUT2D eigenvalue weighted by Gasteiger charge is -2.09. The van der Waals surface area contributed by atoms with E-state index in [4.69, 9.17) is 9.47 Å². The van der Waals surface area contributed by atoms with Crippen molar-refractivity contribution in [3.63, 3.8) is 0 Å². The maximum Gasteiger partial charge on any atom is 0.343 e. The van der Waals surface area contributed by atoms with Gasteiger partial charge < -0.3 is 19.5 Å². The van der Waals surface area contributed by atoms with Crippen LogP contribution in [-0.2, 0) is 20.9 Å². The van der Waals surface area contributed by atoms with Crippen molar-refractivity contribution in [1.29, 1.82) is 0 Å². The molecule has 0 saturated heterocycles. The van der Waals surface area contributed by atoms with Crippen molar-refractivity contribution in [2.24, 2.45) is 0 Å². The van der Waals surface area contributed by atoms with E-state index < -0.39 is 5.97 Å². The molecule has 0 aromatic heterocycles. The molecule has 6 nitrogen and oxygen atoms in total. The normalized spacial score (nSPS) is 10.1. The summed E-state index contributed by atoms with van der Waals surface area (Å²) >= 11 is 0. The molecule has 2 rings (SSSR count). The summed E-state index contributed by atoms with van der Waals surface area (Å²) in [5, 5.41) is 2.79. The van der Waals surface area contributed by atoms with Gasteiger partial charge in [0.15, 0.2) is 6.61 Å². The Hall–Kier alpha value is -2.86. The van der Waals surface area contributed by atoms with E-state index in [2.05, 4.69) is 10.1 Å². The van der Waals surface area contributed by atoms with Gasteiger partial charge in [-0.3, -0.25) is 4.79 Å². The molecule has 0 aliphatic heterocycles. The zero-order chi connectivity index (χ0) is 17.4. The minimum absolute atomic E-state index is 0.188. The number of ether oxygens (including phenoxy) is 3. The summed E-state index contributed by atoms with van der Waals surface area (Å²) in [4.78, 5) is 23.4. The number of benzene rings is 2. The summed E-state index contributed by atoms with van der Waals surface area (Å²) in [6.45, 7) is 0.255. The Morgan fingerprint density at radius 1 is 1.04 bits per heavy atom. The number of carbonyl (C=O) groups excluding carboxylic acids is 2. The highest BCUT2D eigenvalue weighted by Crippen LogP contribution is 2.18. The summed E-state index contributed by atoms with van der Waals surface area (Å²) in [5.74, 6) is -0.246. The van der Waals surface area contributed by atoms with E-state index >= 15 is 0 Å². The fourth-order valence-electron chi connectivity index (χ4n) is 2.04. The quantitative estimate of drug-likeness (QED) is 0.791. The third-order valence-corrected chi connectivity index (χ3v) is 3.18. The SMILES string of the molecule is COCc1cccc(C(=O)Nc2cccc(OCC(=O)OC)c2)c1. The van der Waals surface area contributed by atoms with Crippen LogP contribution < -0.4 is 10.1 Å². The number of esters is 1. The first-order valence-electron chi connectivity index (χ1n) is 7.31. The number of hydrogen-bond acceptors (Lipinski definition) is 5. The molecular formula is C18H19NO5. The van der Waals surface area contributed by atoms with Crippen LogP contribution in [0.5, 0.6) is 5.75 Å². The van der Waals surface area contributed by atoms with Gasteiger partial charge in [0.2, 0.25) is 0 Å². The van der Waals surface area contributed by atoms with Crippen LogP contribution >= 0.6 is 0 Å². The van der Waals surface area contributed by atoms with Crippen LogP contribution in [0.1, 0.15) is 15.9 Å². The molecule has 0 saturated carbocycles. The lowest BCUT2D eigenvalue weighted by Crippen LogP contribution is -2.14. The summed E-state index contributed by atoms with van der Waals surface area (Å²) in [7, 11) is 2.90. The van der Waals surface area contributed by atoms with Crippen LogP contribution in [0.15, 0.2) is 48.5 Å². The number of nitrogens with one attached hydrogen (secondary N) is 1. The minimum Gasteiger partial charge on any atom is -0.482 e. The van der Waals surface area contributed by atoms with Gasteiger partial charge in [0, 0.05) is 24.4 Å². The maximum absolute atomic E-state index is 12.3. The second-order valence-corrected chi connectivity index (χ2v) is 4.98. The minimum atomic E-state index is -0.473. The number of amides is 1. The van der Waals surface area contributed by atoms with Gasteiger partial charge in [-0.15, -0.1) is 0 Å². The molecular weight excluding hydrogens is 310 g/mol. The van der Waals surface area contributed by atoms with Crippen molar-refractivity contribution < 1.29 is 23.8 Å². The molecule has 0 atom stereocenters. The topological polar surface area (TPSA) is 73.9 Å². The predicted octanol–water partition coefficient (Wildman–Crippen LogP) is 2.64. The van der Waals surface area contributed by atoms with E-state index in [1.807, 2.05) is 6.07 Å². The van der Waals surface area contributed by atoms with Crippen LogP contribution in [0, 0.1) is 0 Å². The first kappa shape index (κ1) is 17.5. The van der Waals surface area contributed by atoms with Gasteiger partial charge in [-0.05, 0) is 29.8 Å². The smallest absolute Gasteiger partial charge is 0.343 e. The van der Waals surface area contributed by atoms with E-state index in [0.29, 0.717) is 23.6 Å². The third kappa shape index (κ3) is 5.10. The van der Waals surface area contributed by atoms with Crippen molar-refractivity contribution in [2.45, 2.75) is 6.61 Å². The van der Waals surface area contributed by atoms with Crippen LogP contribution in [0.3, 0.4) is 0 Å². The summed E-state index contributed by atoms with van der Waals surface area (Å²) < 4.78 is 14.9. The summed E-state index contributed by atoms with van der Waals surface area (Å²) in [5.41, 5.74) is 2.02. The Morgan fingerprint density at radius 2 is 1.83 bits per heavy atom. The molecule has 126 valence electrons. The number of rotatable bonds is 7. The largest absolute Gasteiger partial charge is 0.482 e. The molecule has 0 bridgehead atoms. The van der Waals surface area contributed by atoms with Crippen molar-refractivity contribution in [1.82, 2.24) is 0 Å². The molecule has 1 N–H and O–H groups in total. The Bertz CT molecular complexity index is 714. The lowest BCUT2D eigenvalue weighted by molar-refractivity contribution is -0.142. The Morgan fingerprint density at radius 3 is 2.58 bits per heavy atom. The van der Waals surface area contributed by atoms with Gasteiger partial charge >= 0.3 is 5.97 Å². The van der Waals surface area contributed by atoms with Gasteiger partial charge in [0.25, 0.3) is 5.91 Å². The van der Waals surface area contributed by atoms with E-state index in [9.17, 15) is 9.59 Å².